The number of rotatable bonds is 0. The Morgan fingerprint density at radius 1 is 1.33 bits per heavy atom. The summed E-state index contributed by atoms with van der Waals surface area (Å²) in [5.74, 6) is 0.313. The Bertz CT molecular complexity index is 111. The monoisotopic (exact) mass is 127 g/mol. The fraction of sp³-hybridized carbons (Fsp3) is 0.857. The smallest absolute Gasteiger partial charge is 0.225 e. The summed E-state index contributed by atoms with van der Waals surface area (Å²) in [7, 11) is 1.88. The molecule has 0 aromatic heterocycles. The van der Waals surface area contributed by atoms with E-state index in [1.54, 1.807) is 0 Å². The highest BCUT2D eigenvalue weighted by Crippen LogP contribution is 2.06. The van der Waals surface area contributed by atoms with Gasteiger partial charge in [0.25, 0.3) is 0 Å². The van der Waals surface area contributed by atoms with E-state index in [4.69, 9.17) is 0 Å². The standard InChI is InChI=1S/C7H13NO/c1-8-6-4-2-3-5-7(8)9/h2-6H2,1H3/q+1. The molecule has 0 aliphatic carbocycles. The Balaban J connectivity index is 2.41. The fourth-order valence-electron chi connectivity index (χ4n) is 1.12. The van der Waals surface area contributed by atoms with Crippen LogP contribution in [0.2, 0.25) is 0 Å². The molecule has 0 spiro atoms. The molecule has 1 fully saturated rings. The number of hydrogen-bond acceptors (Lipinski definition) is 1. The average molecular weight is 127 g/mol. The third-order valence-corrected chi connectivity index (χ3v) is 1.81. The van der Waals surface area contributed by atoms with Crippen molar-refractivity contribution >= 4 is 5.91 Å². The summed E-state index contributed by atoms with van der Waals surface area (Å²) in [5.41, 5.74) is 0. The van der Waals surface area contributed by atoms with E-state index >= 15 is 0 Å². The third kappa shape index (κ3) is 1.79. The number of amides is 1. The Labute approximate surface area is 55.8 Å². The van der Waals surface area contributed by atoms with Crippen LogP contribution >= 0.6 is 0 Å². The van der Waals surface area contributed by atoms with E-state index in [0.717, 1.165) is 19.4 Å². The average Bonchev–Trinajstić information content (AvgIpc) is 1.99. The van der Waals surface area contributed by atoms with Gasteiger partial charge in [-0.1, -0.05) is 0 Å². The van der Waals surface area contributed by atoms with Crippen LogP contribution in [0.3, 0.4) is 0 Å². The molecule has 51 valence electrons. The van der Waals surface area contributed by atoms with E-state index in [1.165, 1.54) is 12.8 Å². The van der Waals surface area contributed by atoms with Crippen LogP contribution in [0.4, 0.5) is 0 Å². The van der Waals surface area contributed by atoms with Gasteiger partial charge >= 0.3 is 5.91 Å². The lowest BCUT2D eigenvalue weighted by atomic mass is 10.2. The zero-order valence-corrected chi connectivity index (χ0v) is 5.89. The van der Waals surface area contributed by atoms with Crippen molar-refractivity contribution in [2.24, 2.45) is 0 Å². The summed E-state index contributed by atoms with van der Waals surface area (Å²) in [6.07, 6.45) is 4.25. The first-order valence-corrected chi connectivity index (χ1v) is 3.54. The van der Waals surface area contributed by atoms with Crippen LogP contribution in [0.15, 0.2) is 0 Å². The molecule has 1 saturated heterocycles. The van der Waals surface area contributed by atoms with Crippen molar-refractivity contribution in [1.29, 1.82) is 0 Å². The van der Waals surface area contributed by atoms with Crippen molar-refractivity contribution < 1.29 is 4.79 Å². The van der Waals surface area contributed by atoms with Crippen LogP contribution in [-0.2, 0) is 4.79 Å². The second kappa shape index (κ2) is 2.97. The molecule has 0 N–H and O–H groups in total. The number of hydrogen-bond donors (Lipinski definition) is 0. The van der Waals surface area contributed by atoms with Crippen LogP contribution in [0.1, 0.15) is 25.7 Å². The lowest BCUT2D eigenvalue weighted by Crippen LogP contribution is -2.31. The van der Waals surface area contributed by atoms with Gasteiger partial charge in [-0.3, -0.25) is 0 Å². The first kappa shape index (κ1) is 6.75. The molecule has 1 amide bonds. The molecule has 1 aliphatic heterocycles. The molecule has 0 aromatic rings. The SMILES string of the molecule is C[N+]1CCCCCC1=O. The van der Waals surface area contributed by atoms with Crippen LogP contribution < -0.4 is 4.90 Å². The van der Waals surface area contributed by atoms with Crippen molar-refractivity contribution in [1.82, 2.24) is 4.90 Å². The van der Waals surface area contributed by atoms with Crippen molar-refractivity contribution in [3.8, 4) is 0 Å². The van der Waals surface area contributed by atoms with Gasteiger partial charge in [0.05, 0.1) is 6.42 Å². The van der Waals surface area contributed by atoms with Crippen LogP contribution in [0.5, 0.6) is 0 Å². The summed E-state index contributed by atoms with van der Waals surface area (Å²) in [6, 6.07) is 0. The van der Waals surface area contributed by atoms with E-state index in [1.807, 2.05) is 11.9 Å². The Kier molecular flexibility index (Phi) is 2.22. The first-order chi connectivity index (χ1) is 4.30. The zero-order chi connectivity index (χ0) is 6.69. The zero-order valence-electron chi connectivity index (χ0n) is 5.89. The highest BCUT2D eigenvalue weighted by molar-refractivity contribution is 5.78. The summed E-state index contributed by atoms with van der Waals surface area (Å²) in [5, 5.41) is 0. The second-order valence-corrected chi connectivity index (χ2v) is 2.63. The van der Waals surface area contributed by atoms with E-state index in [-0.39, 0.29) is 0 Å². The van der Waals surface area contributed by atoms with Gasteiger partial charge in [-0.15, -0.1) is 4.90 Å². The Morgan fingerprint density at radius 2 is 2.11 bits per heavy atom. The van der Waals surface area contributed by atoms with E-state index < -0.39 is 0 Å². The van der Waals surface area contributed by atoms with E-state index in [2.05, 4.69) is 0 Å². The predicted octanol–water partition coefficient (Wildman–Crippen LogP) is 0.857. The predicted molar refractivity (Wildman–Crippen MR) is 36.4 cm³/mol. The second-order valence-electron chi connectivity index (χ2n) is 2.63. The van der Waals surface area contributed by atoms with Gasteiger partial charge in [0, 0.05) is 6.42 Å². The minimum Gasteiger partial charge on any atom is -0.225 e. The molecule has 1 radical (unpaired) electrons. The Morgan fingerprint density at radius 3 is 2.89 bits per heavy atom. The molecule has 1 heterocycles. The lowest BCUT2D eigenvalue weighted by molar-refractivity contribution is -0.124. The van der Waals surface area contributed by atoms with Gasteiger partial charge in [0.15, 0.2) is 0 Å². The largest absolute Gasteiger partial charge is 0.360 e. The summed E-state index contributed by atoms with van der Waals surface area (Å²) >= 11 is 0. The first-order valence-electron chi connectivity index (χ1n) is 3.54. The topological polar surface area (TPSA) is 23.0 Å². The normalized spacial score (nSPS) is 23.9. The molecule has 9 heavy (non-hydrogen) atoms. The highest BCUT2D eigenvalue weighted by atomic mass is 16.2. The fourth-order valence-corrected chi connectivity index (χ4v) is 1.12. The summed E-state index contributed by atoms with van der Waals surface area (Å²) in [4.78, 5) is 12.8. The van der Waals surface area contributed by atoms with Gasteiger partial charge < -0.3 is 0 Å². The minimum absolute atomic E-state index is 0.313. The van der Waals surface area contributed by atoms with E-state index in [0.29, 0.717) is 5.91 Å². The van der Waals surface area contributed by atoms with Gasteiger partial charge in [0.1, 0.15) is 13.6 Å². The van der Waals surface area contributed by atoms with Crippen LogP contribution in [0.25, 0.3) is 0 Å². The van der Waals surface area contributed by atoms with Crippen molar-refractivity contribution in [3.05, 3.63) is 0 Å². The number of carbonyl (C=O) groups is 1. The highest BCUT2D eigenvalue weighted by Gasteiger charge is 2.21. The molecule has 0 atom stereocenters. The van der Waals surface area contributed by atoms with Crippen LogP contribution in [0, 0.1) is 0 Å². The van der Waals surface area contributed by atoms with E-state index in [9.17, 15) is 4.79 Å². The number of likely N-dealkylation sites (tertiary alicyclic amines) is 1. The molecule has 0 saturated carbocycles. The van der Waals surface area contributed by atoms with Crippen molar-refractivity contribution in [2.75, 3.05) is 13.6 Å². The van der Waals surface area contributed by atoms with Gasteiger partial charge in [-0.2, -0.15) is 0 Å². The number of carbonyl (C=O) groups excluding carboxylic acids is 1. The maximum absolute atomic E-state index is 10.9. The van der Waals surface area contributed by atoms with Crippen molar-refractivity contribution in [3.63, 3.8) is 0 Å². The molecular weight excluding hydrogens is 114 g/mol. The third-order valence-electron chi connectivity index (χ3n) is 1.81. The molecule has 1 rings (SSSR count). The van der Waals surface area contributed by atoms with Gasteiger partial charge in [-0.25, -0.2) is 4.79 Å². The number of nitrogens with zero attached hydrogens (tertiary/aromatic N) is 1. The molecular formula is C7H13NO+. The maximum atomic E-state index is 10.9. The minimum atomic E-state index is 0.313. The van der Waals surface area contributed by atoms with Crippen LogP contribution in [-0.4, -0.2) is 19.5 Å². The molecule has 2 heteroatoms. The molecule has 2 nitrogen and oxygen atoms in total. The van der Waals surface area contributed by atoms with Gasteiger partial charge in [0.2, 0.25) is 0 Å². The molecule has 0 aromatic carbocycles. The van der Waals surface area contributed by atoms with Crippen molar-refractivity contribution in [2.45, 2.75) is 25.7 Å². The maximum Gasteiger partial charge on any atom is 0.360 e. The Hall–Kier alpha value is -0.370. The lowest BCUT2D eigenvalue weighted by Gasteiger charge is -1.96. The molecule has 1 aliphatic rings. The summed E-state index contributed by atoms with van der Waals surface area (Å²) in [6.45, 7) is 0.957. The quantitative estimate of drug-likeness (QED) is 0.442. The molecule has 0 unspecified atom stereocenters. The summed E-state index contributed by atoms with van der Waals surface area (Å²) < 4.78 is 0. The van der Waals surface area contributed by atoms with Gasteiger partial charge in [-0.05, 0) is 12.8 Å². The molecule has 0 bridgehead atoms.